The summed E-state index contributed by atoms with van der Waals surface area (Å²) in [5.74, 6) is 4.60. The maximum absolute atomic E-state index is 2.58. The van der Waals surface area contributed by atoms with Crippen molar-refractivity contribution in [1.82, 2.24) is 4.57 Å². The Hall–Kier alpha value is -6.64. The third-order valence-electron chi connectivity index (χ3n) is 15.6. The lowest BCUT2D eigenvalue weighted by Crippen LogP contribution is -2.40. The van der Waals surface area contributed by atoms with Crippen LogP contribution in [-0.2, 0) is 5.41 Å². The largest absolute Gasteiger partial charge is 0.310 e. The van der Waals surface area contributed by atoms with Crippen LogP contribution in [0, 0.1) is 29.6 Å². The summed E-state index contributed by atoms with van der Waals surface area (Å²) in [5, 5.41) is 2.56. The van der Waals surface area contributed by atoms with Crippen molar-refractivity contribution < 1.29 is 0 Å². The van der Waals surface area contributed by atoms with Crippen molar-refractivity contribution in [3.8, 4) is 39.1 Å². The van der Waals surface area contributed by atoms with E-state index in [2.05, 4.69) is 210 Å². The second-order valence-corrected chi connectivity index (χ2v) is 18.6. The molecule has 0 radical (unpaired) electrons. The Balaban J connectivity index is 0.881. The first-order chi connectivity index (χ1) is 30.2. The van der Waals surface area contributed by atoms with Crippen LogP contribution in [0.2, 0.25) is 0 Å². The van der Waals surface area contributed by atoms with Crippen molar-refractivity contribution in [2.75, 3.05) is 4.90 Å². The molecule has 4 fully saturated rings. The minimum atomic E-state index is 0.291. The lowest BCUT2D eigenvalue weighted by Gasteiger charge is -2.48. The summed E-state index contributed by atoms with van der Waals surface area (Å²) >= 11 is 0. The van der Waals surface area contributed by atoms with Gasteiger partial charge in [0, 0.05) is 38.8 Å². The topological polar surface area (TPSA) is 8.17 Å². The fourth-order valence-corrected chi connectivity index (χ4v) is 13.3. The number of para-hydroxylation sites is 4. The number of nitrogens with zero attached hydrogens (tertiary/aromatic N) is 2. The molecule has 1 aromatic heterocycles. The van der Waals surface area contributed by atoms with E-state index in [0.717, 1.165) is 29.6 Å². The van der Waals surface area contributed by atoms with Crippen LogP contribution in [0.4, 0.5) is 17.1 Å². The van der Waals surface area contributed by atoms with E-state index in [1.54, 1.807) is 5.56 Å². The van der Waals surface area contributed by atoms with Gasteiger partial charge in [-0.2, -0.15) is 0 Å². The Morgan fingerprint density at radius 1 is 0.443 bits per heavy atom. The molecule has 61 heavy (non-hydrogen) atoms. The molecule has 294 valence electrons. The Kier molecular flexibility index (Phi) is 7.89. The monoisotopic (exact) mass is 784 g/mol. The second kappa shape index (κ2) is 13.7. The summed E-state index contributed by atoms with van der Waals surface area (Å²) in [6.45, 7) is 0. The normalized spacial score (nSPS) is 23.3. The number of anilines is 3. The molecule has 4 saturated carbocycles. The van der Waals surface area contributed by atoms with Crippen molar-refractivity contribution in [2.45, 2.75) is 37.5 Å². The average molecular weight is 785 g/mol. The molecule has 0 aliphatic heterocycles. The van der Waals surface area contributed by atoms with Gasteiger partial charge in [-0.15, -0.1) is 0 Å². The first-order valence-corrected chi connectivity index (χ1v) is 22.5. The van der Waals surface area contributed by atoms with Crippen LogP contribution in [0.15, 0.2) is 200 Å². The molecule has 6 atom stereocenters. The quantitative estimate of drug-likeness (QED) is 0.149. The van der Waals surface area contributed by atoms with Gasteiger partial charge in [-0.25, -0.2) is 0 Å². The number of benzene rings is 8. The standard InChI is InChI=1S/C59H48N2/c1-2-13-40(14-3-1)44-15-12-16-48(36-44)60(57-24-11-7-20-52(57)59-37-39-33-45-35-46(38-59)58(45)53(59)34-39)47-31-29-42(30-32-47)41-25-27-43(28-26-41)49-17-4-8-21-54(49)61-55-22-9-5-18-50(55)51-19-6-10-23-56(51)61/h1-32,36,39,45-46,53,58H,33-35,37-38H2/t39-,45?,46+,53?,58?,59?/m1/s1. The summed E-state index contributed by atoms with van der Waals surface area (Å²) in [4.78, 5) is 2.58. The molecule has 2 nitrogen and oxygen atoms in total. The lowest BCUT2D eigenvalue weighted by atomic mass is 9.57. The van der Waals surface area contributed by atoms with Crippen LogP contribution in [0.25, 0.3) is 60.9 Å². The SMILES string of the molecule is c1ccc(-c2cccc(N(c3ccc(-c4ccc(-c5ccccc5-n5c6ccccc6c6ccccc65)cc4)cc3)c3ccccc3C34C[C@@H]5CC6C[C@@H](C3)C6C4C5)c2)cc1. The van der Waals surface area contributed by atoms with Gasteiger partial charge in [-0.05, 0) is 144 Å². The Labute approximate surface area is 358 Å². The highest BCUT2D eigenvalue weighted by atomic mass is 15.1. The number of hydrogen-bond acceptors (Lipinski definition) is 1. The zero-order chi connectivity index (χ0) is 40.1. The number of hydrogen-bond donors (Lipinski definition) is 0. The van der Waals surface area contributed by atoms with Crippen LogP contribution in [0.3, 0.4) is 0 Å². The second-order valence-electron chi connectivity index (χ2n) is 18.6. The predicted molar refractivity (Wildman–Crippen MR) is 254 cm³/mol. The van der Waals surface area contributed by atoms with Crippen LogP contribution in [0.5, 0.6) is 0 Å². The molecule has 4 aliphatic carbocycles. The van der Waals surface area contributed by atoms with E-state index in [9.17, 15) is 0 Å². The van der Waals surface area contributed by atoms with Gasteiger partial charge in [-0.1, -0.05) is 152 Å². The number of rotatable bonds is 8. The summed E-state index contributed by atoms with van der Waals surface area (Å²) in [5.41, 5.74) is 16.7. The highest BCUT2D eigenvalue weighted by molar-refractivity contribution is 6.09. The third kappa shape index (κ3) is 5.41. The molecular weight excluding hydrogens is 737 g/mol. The summed E-state index contributed by atoms with van der Waals surface area (Å²) in [6, 6.07) is 74.5. The number of aromatic nitrogens is 1. The Morgan fingerprint density at radius 2 is 1.07 bits per heavy atom. The first-order valence-electron chi connectivity index (χ1n) is 22.5. The highest BCUT2D eigenvalue weighted by Crippen LogP contribution is 2.74. The molecular formula is C59H48N2. The smallest absolute Gasteiger partial charge is 0.0541 e. The Bertz CT molecular complexity index is 3040. The van der Waals surface area contributed by atoms with Crippen LogP contribution >= 0.6 is 0 Å². The maximum atomic E-state index is 2.58. The molecule has 0 N–H and O–H groups in total. The van der Waals surface area contributed by atoms with Crippen LogP contribution in [0.1, 0.15) is 37.7 Å². The predicted octanol–water partition coefficient (Wildman–Crippen LogP) is 15.6. The van der Waals surface area contributed by atoms with Gasteiger partial charge in [0.1, 0.15) is 0 Å². The highest BCUT2D eigenvalue weighted by Gasteiger charge is 2.67. The molecule has 8 aromatic carbocycles. The van der Waals surface area contributed by atoms with E-state index in [1.165, 1.54) is 110 Å². The van der Waals surface area contributed by atoms with Gasteiger partial charge in [0.15, 0.2) is 0 Å². The zero-order valence-corrected chi connectivity index (χ0v) is 34.4. The average Bonchev–Trinajstić information content (AvgIpc) is 3.91. The molecule has 1 heterocycles. The molecule has 2 bridgehead atoms. The van der Waals surface area contributed by atoms with Crippen LogP contribution < -0.4 is 4.90 Å². The molecule has 0 spiro atoms. The number of fused-ring (bicyclic) bond motifs is 4. The fourth-order valence-electron chi connectivity index (χ4n) is 13.3. The minimum Gasteiger partial charge on any atom is -0.310 e. The summed E-state index contributed by atoms with van der Waals surface area (Å²) in [6.07, 6.45) is 7.13. The molecule has 2 heteroatoms. The summed E-state index contributed by atoms with van der Waals surface area (Å²) < 4.78 is 2.43. The molecule has 0 amide bonds. The van der Waals surface area contributed by atoms with Crippen molar-refractivity contribution in [1.29, 1.82) is 0 Å². The zero-order valence-electron chi connectivity index (χ0n) is 34.4. The van der Waals surface area contributed by atoms with E-state index < -0.39 is 0 Å². The van der Waals surface area contributed by atoms with Crippen LogP contribution in [-0.4, -0.2) is 4.57 Å². The van der Waals surface area contributed by atoms with Crippen molar-refractivity contribution >= 4 is 38.9 Å². The minimum absolute atomic E-state index is 0.291. The molecule has 4 aliphatic rings. The van der Waals surface area contributed by atoms with E-state index in [0.29, 0.717) is 5.41 Å². The maximum Gasteiger partial charge on any atom is 0.0541 e. The van der Waals surface area contributed by atoms with Crippen molar-refractivity contribution in [3.05, 3.63) is 206 Å². The van der Waals surface area contributed by atoms with Gasteiger partial charge in [0.2, 0.25) is 0 Å². The van der Waals surface area contributed by atoms with E-state index >= 15 is 0 Å². The van der Waals surface area contributed by atoms with Gasteiger partial charge >= 0.3 is 0 Å². The van der Waals surface area contributed by atoms with Crippen molar-refractivity contribution in [2.24, 2.45) is 29.6 Å². The fraction of sp³-hybridized carbons (Fsp3) is 0.186. The molecule has 13 rings (SSSR count). The third-order valence-corrected chi connectivity index (χ3v) is 15.6. The van der Waals surface area contributed by atoms with E-state index in [1.807, 2.05) is 0 Å². The molecule has 0 saturated heterocycles. The van der Waals surface area contributed by atoms with Gasteiger partial charge in [0.25, 0.3) is 0 Å². The van der Waals surface area contributed by atoms with Crippen molar-refractivity contribution in [3.63, 3.8) is 0 Å². The molecule has 4 unspecified atom stereocenters. The molecule has 9 aromatic rings. The van der Waals surface area contributed by atoms with Gasteiger partial charge < -0.3 is 9.47 Å². The van der Waals surface area contributed by atoms with Gasteiger partial charge in [0.05, 0.1) is 16.7 Å². The lowest BCUT2D eigenvalue weighted by molar-refractivity contribution is 0.0152. The summed E-state index contributed by atoms with van der Waals surface area (Å²) in [7, 11) is 0. The van der Waals surface area contributed by atoms with Gasteiger partial charge in [-0.3, -0.25) is 0 Å². The first kappa shape index (κ1) is 35.1. The Morgan fingerprint density at radius 3 is 1.85 bits per heavy atom. The van der Waals surface area contributed by atoms with E-state index in [4.69, 9.17) is 0 Å². The van der Waals surface area contributed by atoms with E-state index in [-0.39, 0.29) is 0 Å².